The highest BCUT2D eigenvalue weighted by Gasteiger charge is 2.36. The quantitative estimate of drug-likeness (QED) is 0.452. The monoisotopic (exact) mass is 472 g/mol. The molecule has 1 aliphatic rings. The van der Waals surface area contributed by atoms with Crippen LogP contribution in [0.1, 0.15) is 27.4 Å². The second-order valence-corrected chi connectivity index (χ2v) is 7.97. The van der Waals surface area contributed by atoms with E-state index in [0.717, 1.165) is 17.3 Å². The summed E-state index contributed by atoms with van der Waals surface area (Å²) in [7, 11) is 3.32. The molecule has 0 radical (unpaired) electrons. The molecule has 1 aliphatic heterocycles. The highest BCUT2D eigenvalue weighted by atomic mass is 19.4. The van der Waals surface area contributed by atoms with E-state index in [9.17, 15) is 18.0 Å². The molecule has 0 N–H and O–H groups in total. The maximum atomic E-state index is 13.9. The molecule has 4 aromatic rings. The molecule has 0 spiro atoms. The summed E-state index contributed by atoms with van der Waals surface area (Å²) < 4.78 is 54.5. The van der Waals surface area contributed by atoms with Crippen LogP contribution in [0.5, 0.6) is 11.5 Å². The minimum Gasteiger partial charge on any atom is -0.454 e. The number of nitrogens with zero attached hydrogens (tertiary/aromatic N) is 6. The predicted molar refractivity (Wildman–Crippen MR) is 113 cm³/mol. The van der Waals surface area contributed by atoms with E-state index in [-0.39, 0.29) is 30.4 Å². The zero-order valence-corrected chi connectivity index (χ0v) is 18.4. The summed E-state index contributed by atoms with van der Waals surface area (Å²) in [6.07, 6.45) is -2.94. The number of amides is 1. The number of hydrogen-bond acceptors (Lipinski definition) is 6. The molecule has 176 valence electrons. The lowest BCUT2D eigenvalue weighted by Gasteiger charge is -2.15. The molecule has 0 unspecified atom stereocenters. The number of benzene rings is 1. The van der Waals surface area contributed by atoms with Crippen LogP contribution in [0.25, 0.3) is 16.9 Å². The van der Waals surface area contributed by atoms with E-state index in [0.29, 0.717) is 21.6 Å². The molecule has 0 bridgehead atoms. The van der Waals surface area contributed by atoms with Crippen molar-refractivity contribution >= 4 is 11.6 Å². The van der Waals surface area contributed by atoms with Gasteiger partial charge in [0, 0.05) is 44.0 Å². The Balaban J connectivity index is 1.53. The maximum Gasteiger partial charge on any atom is 0.433 e. The van der Waals surface area contributed by atoms with Gasteiger partial charge in [-0.15, -0.1) is 0 Å². The van der Waals surface area contributed by atoms with Gasteiger partial charge in [0.05, 0.1) is 11.4 Å². The first-order valence-electron chi connectivity index (χ1n) is 10.2. The lowest BCUT2D eigenvalue weighted by atomic mass is 10.1. The zero-order valence-electron chi connectivity index (χ0n) is 18.4. The maximum absolute atomic E-state index is 13.9. The predicted octanol–water partition coefficient (Wildman–Crippen LogP) is 3.46. The molecule has 0 saturated heterocycles. The van der Waals surface area contributed by atoms with Crippen molar-refractivity contribution in [1.82, 2.24) is 29.3 Å². The first-order valence-corrected chi connectivity index (χ1v) is 10.2. The standard InChI is InChI=1S/C22H19F3N6O3/c1-12-14(10-30(3)27-12)9-29(2)21(32)16-8-20-26-15(7-19(22(23,24)25)31(20)28-16)13-4-5-17-18(6-13)34-11-33-17/h4-8,10H,9,11H2,1-3H3. The van der Waals surface area contributed by atoms with Crippen LogP contribution in [0.15, 0.2) is 36.5 Å². The van der Waals surface area contributed by atoms with Crippen LogP contribution >= 0.6 is 0 Å². The molecule has 34 heavy (non-hydrogen) atoms. The van der Waals surface area contributed by atoms with E-state index in [1.807, 2.05) is 6.92 Å². The SMILES string of the molecule is Cc1nn(C)cc1CN(C)C(=O)c1cc2nc(-c3ccc4c(c3)OCO4)cc(C(F)(F)F)n2n1. The number of alkyl halides is 3. The minimum absolute atomic E-state index is 0.0409. The van der Waals surface area contributed by atoms with Crippen LogP contribution in [-0.4, -0.2) is 49.0 Å². The summed E-state index contributed by atoms with van der Waals surface area (Å²) in [6, 6.07) is 6.92. The topological polar surface area (TPSA) is 86.8 Å². The molecule has 0 saturated carbocycles. The summed E-state index contributed by atoms with van der Waals surface area (Å²) in [6.45, 7) is 2.09. The number of aromatic nitrogens is 5. The van der Waals surface area contributed by atoms with Gasteiger partial charge in [-0.05, 0) is 31.2 Å². The minimum atomic E-state index is -4.72. The molecular weight excluding hydrogens is 453 g/mol. The lowest BCUT2D eigenvalue weighted by Crippen LogP contribution is -2.27. The number of ether oxygens (including phenoxy) is 2. The molecule has 9 nitrogen and oxygen atoms in total. The Bertz CT molecular complexity index is 1430. The fourth-order valence-corrected chi connectivity index (χ4v) is 3.81. The van der Waals surface area contributed by atoms with Gasteiger partial charge in [0.15, 0.2) is 28.5 Å². The summed E-state index contributed by atoms with van der Waals surface area (Å²) in [5, 5.41) is 8.18. The number of aryl methyl sites for hydroxylation is 2. The van der Waals surface area contributed by atoms with Gasteiger partial charge in [0.25, 0.3) is 5.91 Å². The van der Waals surface area contributed by atoms with Gasteiger partial charge in [-0.25, -0.2) is 9.50 Å². The molecule has 1 aromatic carbocycles. The molecule has 0 atom stereocenters. The van der Waals surface area contributed by atoms with Crippen LogP contribution in [-0.2, 0) is 19.8 Å². The molecule has 4 heterocycles. The van der Waals surface area contributed by atoms with E-state index in [1.165, 1.54) is 11.0 Å². The third-order valence-corrected chi connectivity index (χ3v) is 5.47. The normalized spacial score (nSPS) is 13.0. The number of hydrogen-bond donors (Lipinski definition) is 0. The van der Waals surface area contributed by atoms with Gasteiger partial charge < -0.3 is 14.4 Å². The summed E-state index contributed by atoms with van der Waals surface area (Å²) in [5.74, 6) is 0.390. The van der Waals surface area contributed by atoms with E-state index < -0.39 is 17.8 Å². The van der Waals surface area contributed by atoms with E-state index >= 15 is 0 Å². The van der Waals surface area contributed by atoms with Crippen molar-refractivity contribution in [1.29, 1.82) is 0 Å². The van der Waals surface area contributed by atoms with Crippen molar-refractivity contribution in [3.8, 4) is 22.8 Å². The van der Waals surface area contributed by atoms with Gasteiger partial charge >= 0.3 is 6.18 Å². The molecule has 3 aromatic heterocycles. The van der Waals surface area contributed by atoms with Gasteiger partial charge in [0.1, 0.15) is 0 Å². The average molecular weight is 472 g/mol. The highest BCUT2D eigenvalue weighted by Crippen LogP contribution is 2.37. The molecule has 5 rings (SSSR count). The third-order valence-electron chi connectivity index (χ3n) is 5.47. The van der Waals surface area contributed by atoms with E-state index in [4.69, 9.17) is 9.47 Å². The Kier molecular flexibility index (Phi) is 4.95. The molecular formula is C22H19F3N6O3. The van der Waals surface area contributed by atoms with Crippen LogP contribution in [0.4, 0.5) is 13.2 Å². The van der Waals surface area contributed by atoms with Gasteiger partial charge in [-0.1, -0.05) is 0 Å². The second kappa shape index (κ2) is 7.75. The number of rotatable bonds is 4. The van der Waals surface area contributed by atoms with Crippen LogP contribution < -0.4 is 9.47 Å². The van der Waals surface area contributed by atoms with Gasteiger partial charge in [-0.2, -0.15) is 23.4 Å². The Labute approximate surface area is 191 Å². The molecule has 0 fully saturated rings. The fourth-order valence-electron chi connectivity index (χ4n) is 3.81. The Hall–Kier alpha value is -4.09. The first kappa shape index (κ1) is 21.7. The van der Waals surface area contributed by atoms with Crippen LogP contribution in [0.2, 0.25) is 0 Å². The van der Waals surface area contributed by atoms with Gasteiger partial charge in [-0.3, -0.25) is 9.48 Å². The van der Waals surface area contributed by atoms with Crippen molar-refractivity contribution in [3.05, 3.63) is 59.2 Å². The molecule has 12 heteroatoms. The Morgan fingerprint density at radius 1 is 1.15 bits per heavy atom. The zero-order chi connectivity index (χ0) is 24.2. The fraction of sp³-hybridized carbons (Fsp3) is 0.273. The van der Waals surface area contributed by atoms with Crippen molar-refractivity contribution in [2.75, 3.05) is 13.8 Å². The van der Waals surface area contributed by atoms with Crippen molar-refractivity contribution in [3.63, 3.8) is 0 Å². The highest BCUT2D eigenvalue weighted by molar-refractivity contribution is 5.93. The smallest absolute Gasteiger partial charge is 0.433 e. The van der Waals surface area contributed by atoms with Gasteiger partial charge in [0.2, 0.25) is 6.79 Å². The van der Waals surface area contributed by atoms with Crippen LogP contribution in [0, 0.1) is 6.92 Å². The average Bonchev–Trinajstić information content (AvgIpc) is 3.49. The summed E-state index contributed by atoms with van der Waals surface area (Å²) in [5.41, 5.74) is 0.761. The lowest BCUT2D eigenvalue weighted by molar-refractivity contribution is -0.142. The summed E-state index contributed by atoms with van der Waals surface area (Å²) in [4.78, 5) is 18.7. The number of fused-ring (bicyclic) bond motifs is 2. The third kappa shape index (κ3) is 3.80. The second-order valence-electron chi connectivity index (χ2n) is 7.97. The summed E-state index contributed by atoms with van der Waals surface area (Å²) >= 11 is 0. The number of halogens is 3. The Morgan fingerprint density at radius 3 is 2.62 bits per heavy atom. The molecule has 1 amide bonds. The van der Waals surface area contributed by atoms with Crippen molar-refractivity contribution in [2.24, 2.45) is 7.05 Å². The first-order chi connectivity index (χ1) is 16.1. The molecule has 0 aliphatic carbocycles. The van der Waals surface area contributed by atoms with E-state index in [1.54, 1.807) is 43.2 Å². The Morgan fingerprint density at radius 2 is 1.91 bits per heavy atom. The number of carbonyl (C=O) groups is 1. The van der Waals surface area contributed by atoms with Crippen LogP contribution in [0.3, 0.4) is 0 Å². The van der Waals surface area contributed by atoms with E-state index in [2.05, 4.69) is 15.2 Å². The van der Waals surface area contributed by atoms with Crippen molar-refractivity contribution < 1.29 is 27.4 Å². The van der Waals surface area contributed by atoms with Crippen molar-refractivity contribution in [2.45, 2.75) is 19.6 Å². The number of carbonyl (C=O) groups excluding carboxylic acids is 1. The largest absolute Gasteiger partial charge is 0.454 e.